The minimum atomic E-state index is -0.864. The lowest BCUT2D eigenvalue weighted by molar-refractivity contribution is -0.149. The third kappa shape index (κ3) is 2.72. The lowest BCUT2D eigenvalue weighted by atomic mass is 10.1. The number of aliphatic hydroxyl groups is 1. The summed E-state index contributed by atoms with van der Waals surface area (Å²) in [4.78, 5) is 10.7. The van der Waals surface area contributed by atoms with Crippen molar-refractivity contribution in [1.29, 1.82) is 0 Å². The molecule has 0 aromatic carbocycles. The molecule has 2 aliphatic rings. The molecule has 1 heterocycles. The summed E-state index contributed by atoms with van der Waals surface area (Å²) in [6.07, 6.45) is 2.96. The van der Waals surface area contributed by atoms with Crippen LogP contribution in [-0.2, 0) is 9.53 Å². The van der Waals surface area contributed by atoms with Gasteiger partial charge in [0, 0.05) is 25.1 Å². The number of ether oxygens (including phenoxy) is 1. The van der Waals surface area contributed by atoms with Crippen molar-refractivity contribution in [3.63, 3.8) is 0 Å². The number of nitrogens with one attached hydrogen (secondary N) is 1. The van der Waals surface area contributed by atoms with Crippen LogP contribution in [0.3, 0.4) is 0 Å². The third-order valence-corrected chi connectivity index (χ3v) is 3.55. The monoisotopic (exact) mass is 229 g/mol. The Morgan fingerprint density at radius 2 is 2.19 bits per heavy atom. The van der Waals surface area contributed by atoms with Crippen LogP contribution >= 0.6 is 0 Å². The quantitative estimate of drug-likeness (QED) is 0.596. The maximum atomic E-state index is 10.7. The first-order chi connectivity index (χ1) is 7.65. The Bertz CT molecular complexity index is 265. The predicted octanol–water partition coefficient (Wildman–Crippen LogP) is -0.0193. The van der Waals surface area contributed by atoms with Crippen LogP contribution in [0.1, 0.15) is 25.7 Å². The summed E-state index contributed by atoms with van der Waals surface area (Å²) in [6, 6.07) is 0. The molecular formula is C11H19NO4. The van der Waals surface area contributed by atoms with E-state index in [0.29, 0.717) is 13.0 Å². The molecule has 2 atom stereocenters. The molecule has 0 amide bonds. The average Bonchev–Trinajstić information content (AvgIpc) is 2.88. The van der Waals surface area contributed by atoms with Gasteiger partial charge in [0.25, 0.3) is 0 Å². The van der Waals surface area contributed by atoms with Gasteiger partial charge in [-0.25, -0.2) is 4.79 Å². The zero-order chi connectivity index (χ0) is 11.6. The van der Waals surface area contributed by atoms with Crippen molar-refractivity contribution in [3.05, 3.63) is 0 Å². The largest absolute Gasteiger partial charge is 0.479 e. The first-order valence-electron chi connectivity index (χ1n) is 5.85. The molecule has 1 aliphatic carbocycles. The predicted molar refractivity (Wildman–Crippen MR) is 57.2 cm³/mol. The minimum absolute atomic E-state index is 0.00981. The SMILES string of the molecule is O=C(O)C1CCC(CNCC2(CO)CC2)O1. The zero-order valence-corrected chi connectivity index (χ0v) is 9.32. The number of carboxylic acids is 1. The lowest BCUT2D eigenvalue weighted by Gasteiger charge is -2.16. The Labute approximate surface area is 94.8 Å². The molecule has 0 aromatic rings. The van der Waals surface area contributed by atoms with E-state index in [1.165, 1.54) is 0 Å². The Morgan fingerprint density at radius 1 is 1.44 bits per heavy atom. The van der Waals surface area contributed by atoms with Gasteiger partial charge in [-0.3, -0.25) is 0 Å². The number of carbonyl (C=O) groups is 1. The van der Waals surface area contributed by atoms with E-state index in [2.05, 4.69) is 5.32 Å². The van der Waals surface area contributed by atoms with Gasteiger partial charge in [0.15, 0.2) is 6.10 Å². The summed E-state index contributed by atoms with van der Waals surface area (Å²) < 4.78 is 5.37. The second kappa shape index (κ2) is 4.69. The van der Waals surface area contributed by atoms with E-state index < -0.39 is 12.1 Å². The summed E-state index contributed by atoms with van der Waals surface area (Å²) in [5.74, 6) is -0.864. The van der Waals surface area contributed by atoms with Gasteiger partial charge in [-0.15, -0.1) is 0 Å². The lowest BCUT2D eigenvalue weighted by Crippen LogP contribution is -2.33. The highest BCUT2D eigenvalue weighted by Gasteiger charge is 2.41. The van der Waals surface area contributed by atoms with Crippen LogP contribution in [0.25, 0.3) is 0 Å². The molecule has 2 rings (SSSR count). The van der Waals surface area contributed by atoms with Gasteiger partial charge in [0.05, 0.1) is 6.10 Å². The number of hydrogen-bond donors (Lipinski definition) is 3. The summed E-state index contributed by atoms with van der Waals surface area (Å²) in [6.45, 7) is 1.73. The Kier molecular flexibility index (Phi) is 3.47. The van der Waals surface area contributed by atoms with Crippen LogP contribution in [0, 0.1) is 5.41 Å². The smallest absolute Gasteiger partial charge is 0.332 e. The first kappa shape index (κ1) is 11.8. The molecule has 1 aliphatic heterocycles. The van der Waals surface area contributed by atoms with E-state index >= 15 is 0 Å². The molecule has 0 spiro atoms. The van der Waals surface area contributed by atoms with Crippen molar-refractivity contribution >= 4 is 5.97 Å². The summed E-state index contributed by atoms with van der Waals surface area (Å²) in [5.41, 5.74) is 0.102. The minimum Gasteiger partial charge on any atom is -0.479 e. The van der Waals surface area contributed by atoms with Gasteiger partial charge in [0.1, 0.15) is 0 Å². The van der Waals surface area contributed by atoms with Gasteiger partial charge >= 0.3 is 5.97 Å². The number of hydrogen-bond acceptors (Lipinski definition) is 4. The molecule has 5 heteroatoms. The van der Waals surface area contributed by atoms with Crippen LogP contribution < -0.4 is 5.32 Å². The van der Waals surface area contributed by atoms with Crippen LogP contribution in [0.2, 0.25) is 0 Å². The maximum absolute atomic E-state index is 10.7. The Hall–Kier alpha value is -0.650. The molecule has 0 bridgehead atoms. The fourth-order valence-corrected chi connectivity index (χ4v) is 2.10. The molecular weight excluding hydrogens is 210 g/mol. The van der Waals surface area contributed by atoms with E-state index in [-0.39, 0.29) is 18.1 Å². The molecule has 1 saturated heterocycles. The molecule has 2 fully saturated rings. The van der Waals surface area contributed by atoms with Gasteiger partial charge < -0.3 is 20.3 Å². The molecule has 3 N–H and O–H groups in total. The maximum Gasteiger partial charge on any atom is 0.332 e. The van der Waals surface area contributed by atoms with Crippen molar-refractivity contribution in [2.45, 2.75) is 37.9 Å². The molecule has 2 unspecified atom stereocenters. The van der Waals surface area contributed by atoms with E-state index in [1.807, 2.05) is 0 Å². The molecule has 92 valence electrons. The fraction of sp³-hybridized carbons (Fsp3) is 0.909. The van der Waals surface area contributed by atoms with Gasteiger partial charge in [0.2, 0.25) is 0 Å². The topological polar surface area (TPSA) is 78.8 Å². The van der Waals surface area contributed by atoms with Gasteiger partial charge in [-0.05, 0) is 25.7 Å². The van der Waals surface area contributed by atoms with Crippen molar-refractivity contribution < 1.29 is 19.7 Å². The van der Waals surface area contributed by atoms with E-state index in [4.69, 9.17) is 14.9 Å². The normalized spacial score (nSPS) is 31.6. The summed E-state index contributed by atoms with van der Waals surface area (Å²) in [5, 5.41) is 21.1. The summed E-state index contributed by atoms with van der Waals surface area (Å²) >= 11 is 0. The average molecular weight is 229 g/mol. The first-order valence-corrected chi connectivity index (χ1v) is 5.85. The van der Waals surface area contributed by atoms with Crippen molar-refractivity contribution in [2.75, 3.05) is 19.7 Å². The fourth-order valence-electron chi connectivity index (χ4n) is 2.10. The number of aliphatic carboxylic acids is 1. The molecule has 16 heavy (non-hydrogen) atoms. The van der Waals surface area contributed by atoms with Gasteiger partial charge in [-0.2, -0.15) is 0 Å². The Balaban J connectivity index is 1.62. The molecule has 1 saturated carbocycles. The Morgan fingerprint density at radius 3 is 2.69 bits per heavy atom. The zero-order valence-electron chi connectivity index (χ0n) is 9.32. The van der Waals surface area contributed by atoms with E-state index in [9.17, 15) is 4.79 Å². The number of carboxylic acid groups (broad SMARTS) is 1. The number of aliphatic hydroxyl groups excluding tert-OH is 1. The van der Waals surface area contributed by atoms with Crippen LogP contribution in [0.4, 0.5) is 0 Å². The molecule has 0 radical (unpaired) electrons. The standard InChI is InChI=1S/C11H19NO4/c13-7-11(3-4-11)6-12-5-8-1-2-9(16-8)10(14)15/h8-9,12-13H,1-7H2,(H,14,15). The highest BCUT2D eigenvalue weighted by atomic mass is 16.5. The van der Waals surface area contributed by atoms with Crippen molar-refractivity contribution in [2.24, 2.45) is 5.41 Å². The second-order valence-corrected chi connectivity index (χ2v) is 4.95. The van der Waals surface area contributed by atoms with Crippen LogP contribution in [-0.4, -0.2) is 48.1 Å². The highest BCUT2D eigenvalue weighted by molar-refractivity contribution is 5.72. The van der Waals surface area contributed by atoms with Crippen LogP contribution in [0.5, 0.6) is 0 Å². The molecule has 5 nitrogen and oxygen atoms in total. The third-order valence-electron chi connectivity index (χ3n) is 3.55. The van der Waals surface area contributed by atoms with Crippen molar-refractivity contribution in [1.82, 2.24) is 5.32 Å². The molecule has 0 aromatic heterocycles. The van der Waals surface area contributed by atoms with Gasteiger partial charge in [-0.1, -0.05) is 0 Å². The van der Waals surface area contributed by atoms with Crippen LogP contribution in [0.15, 0.2) is 0 Å². The van der Waals surface area contributed by atoms with E-state index in [0.717, 1.165) is 25.8 Å². The van der Waals surface area contributed by atoms with E-state index in [1.54, 1.807) is 0 Å². The van der Waals surface area contributed by atoms with Crippen molar-refractivity contribution in [3.8, 4) is 0 Å². The highest BCUT2D eigenvalue weighted by Crippen LogP contribution is 2.44. The number of rotatable bonds is 6. The summed E-state index contributed by atoms with van der Waals surface area (Å²) in [7, 11) is 0. The second-order valence-electron chi connectivity index (χ2n) is 4.95.